The van der Waals surface area contributed by atoms with Gasteiger partial charge in [-0.05, 0) is 102 Å². The second kappa shape index (κ2) is 11.4. The molecule has 1 aromatic heterocycles. The Labute approximate surface area is 247 Å². The SMILES string of the molecule is Cc1ccc2c(c1)N(CCN1CCCCC1)CCn1c-2c(C2CCCCC2)c2ccc(S(=O)(=O)NC(C)(C)C)cc21. The summed E-state index contributed by atoms with van der Waals surface area (Å²) in [4.78, 5) is 5.58. The molecule has 6 rings (SSSR count). The highest BCUT2D eigenvalue weighted by molar-refractivity contribution is 7.89. The van der Waals surface area contributed by atoms with E-state index < -0.39 is 15.6 Å². The molecule has 0 amide bonds. The fourth-order valence-electron chi connectivity index (χ4n) is 7.43. The van der Waals surface area contributed by atoms with E-state index in [1.165, 1.54) is 97.9 Å². The smallest absolute Gasteiger partial charge is 0.241 e. The summed E-state index contributed by atoms with van der Waals surface area (Å²) in [6.07, 6.45) is 10.2. The number of hydrogen-bond acceptors (Lipinski definition) is 4. The van der Waals surface area contributed by atoms with Crippen molar-refractivity contribution in [2.45, 2.75) is 102 Å². The van der Waals surface area contributed by atoms with Gasteiger partial charge in [0.15, 0.2) is 0 Å². The number of likely N-dealkylation sites (tertiary alicyclic amines) is 1. The van der Waals surface area contributed by atoms with Gasteiger partial charge < -0.3 is 14.4 Å². The monoisotopic (exact) mass is 576 g/mol. The Balaban J connectivity index is 1.49. The molecule has 6 nitrogen and oxygen atoms in total. The van der Waals surface area contributed by atoms with Crippen LogP contribution >= 0.6 is 0 Å². The van der Waals surface area contributed by atoms with Crippen molar-refractivity contribution in [1.29, 1.82) is 0 Å². The number of hydrogen-bond donors (Lipinski definition) is 1. The van der Waals surface area contributed by atoms with Gasteiger partial charge >= 0.3 is 0 Å². The zero-order chi connectivity index (χ0) is 28.8. The Morgan fingerprint density at radius 1 is 0.854 bits per heavy atom. The normalized spacial score (nSPS) is 19.3. The van der Waals surface area contributed by atoms with Crippen LogP contribution in [-0.4, -0.2) is 56.1 Å². The molecule has 0 unspecified atom stereocenters. The van der Waals surface area contributed by atoms with Crippen molar-refractivity contribution in [3.63, 3.8) is 0 Å². The third-order valence-electron chi connectivity index (χ3n) is 9.32. The van der Waals surface area contributed by atoms with Crippen LogP contribution < -0.4 is 9.62 Å². The van der Waals surface area contributed by atoms with Crippen LogP contribution in [-0.2, 0) is 16.6 Å². The number of benzene rings is 2. The van der Waals surface area contributed by atoms with Gasteiger partial charge in [0.2, 0.25) is 10.0 Å². The summed E-state index contributed by atoms with van der Waals surface area (Å²) in [6.45, 7) is 14.2. The highest BCUT2D eigenvalue weighted by atomic mass is 32.2. The van der Waals surface area contributed by atoms with E-state index in [0.29, 0.717) is 10.8 Å². The van der Waals surface area contributed by atoms with E-state index in [1.54, 1.807) is 0 Å². The van der Waals surface area contributed by atoms with Crippen molar-refractivity contribution in [3.05, 3.63) is 47.5 Å². The van der Waals surface area contributed by atoms with Gasteiger partial charge in [0, 0.05) is 48.4 Å². The molecule has 2 aliphatic heterocycles. The maximum Gasteiger partial charge on any atom is 0.241 e. The number of fused-ring (bicyclic) bond motifs is 5. The Kier molecular flexibility index (Phi) is 7.98. The second-order valence-corrected chi connectivity index (χ2v) is 15.4. The number of aromatic nitrogens is 1. The number of anilines is 1. The van der Waals surface area contributed by atoms with Gasteiger partial charge in [-0.1, -0.05) is 43.9 Å². The van der Waals surface area contributed by atoms with E-state index in [1.807, 2.05) is 32.9 Å². The first kappa shape index (κ1) is 28.8. The summed E-state index contributed by atoms with van der Waals surface area (Å²) in [5.41, 5.74) is 7.21. The summed E-state index contributed by atoms with van der Waals surface area (Å²) in [6, 6.07) is 12.8. The third-order valence-corrected chi connectivity index (χ3v) is 11.1. The topological polar surface area (TPSA) is 57.6 Å². The summed E-state index contributed by atoms with van der Waals surface area (Å²) in [7, 11) is -3.64. The average molecular weight is 577 g/mol. The van der Waals surface area contributed by atoms with E-state index >= 15 is 0 Å². The summed E-state index contributed by atoms with van der Waals surface area (Å²) in [5, 5.41) is 1.23. The molecular weight excluding hydrogens is 528 g/mol. The molecule has 1 saturated heterocycles. The number of nitrogens with zero attached hydrogens (tertiary/aromatic N) is 3. The van der Waals surface area contributed by atoms with Crippen molar-refractivity contribution in [2.24, 2.45) is 0 Å². The lowest BCUT2D eigenvalue weighted by Gasteiger charge is -2.31. The number of piperidine rings is 1. The number of aryl methyl sites for hydroxylation is 1. The molecule has 2 fully saturated rings. The van der Waals surface area contributed by atoms with Crippen LogP contribution in [0.3, 0.4) is 0 Å². The predicted octanol–water partition coefficient (Wildman–Crippen LogP) is 7.05. The van der Waals surface area contributed by atoms with Gasteiger partial charge in [-0.2, -0.15) is 0 Å². The molecule has 222 valence electrons. The first-order valence-electron chi connectivity index (χ1n) is 15.9. The minimum absolute atomic E-state index is 0.353. The van der Waals surface area contributed by atoms with Crippen LogP contribution in [0.5, 0.6) is 0 Å². The molecule has 1 saturated carbocycles. The van der Waals surface area contributed by atoms with Crippen LogP contribution in [0, 0.1) is 6.92 Å². The maximum absolute atomic E-state index is 13.4. The largest absolute Gasteiger partial charge is 0.368 e. The van der Waals surface area contributed by atoms with Gasteiger partial charge in [0.1, 0.15) is 0 Å². The minimum Gasteiger partial charge on any atom is -0.368 e. The van der Waals surface area contributed by atoms with E-state index in [0.717, 1.165) is 31.7 Å². The zero-order valence-electron chi connectivity index (χ0n) is 25.5. The van der Waals surface area contributed by atoms with E-state index in [2.05, 4.69) is 50.3 Å². The molecule has 7 heteroatoms. The molecule has 3 aromatic rings. The minimum atomic E-state index is -3.64. The molecule has 1 N–H and O–H groups in total. The summed E-state index contributed by atoms with van der Waals surface area (Å²) >= 11 is 0. The van der Waals surface area contributed by atoms with Gasteiger partial charge in [-0.15, -0.1) is 0 Å². The number of sulfonamides is 1. The highest BCUT2D eigenvalue weighted by Crippen LogP contribution is 2.47. The lowest BCUT2D eigenvalue weighted by atomic mass is 9.81. The first-order chi connectivity index (χ1) is 19.6. The zero-order valence-corrected chi connectivity index (χ0v) is 26.3. The molecule has 3 heterocycles. The molecular formula is C34H48N4O2S. The molecule has 0 bridgehead atoms. The van der Waals surface area contributed by atoms with Crippen molar-refractivity contribution in [1.82, 2.24) is 14.2 Å². The number of rotatable bonds is 6. The fourth-order valence-corrected chi connectivity index (χ4v) is 8.87. The molecule has 0 spiro atoms. The molecule has 3 aliphatic rings. The molecule has 0 radical (unpaired) electrons. The third kappa shape index (κ3) is 5.95. The predicted molar refractivity (Wildman–Crippen MR) is 171 cm³/mol. The van der Waals surface area contributed by atoms with E-state index in [-0.39, 0.29) is 0 Å². The Bertz CT molecular complexity index is 1510. The van der Waals surface area contributed by atoms with Crippen molar-refractivity contribution >= 4 is 26.6 Å². The molecule has 0 atom stereocenters. The van der Waals surface area contributed by atoms with Crippen LogP contribution in [0.2, 0.25) is 0 Å². The van der Waals surface area contributed by atoms with Gasteiger partial charge in [-0.3, -0.25) is 0 Å². The van der Waals surface area contributed by atoms with Crippen molar-refractivity contribution in [3.8, 4) is 11.3 Å². The van der Waals surface area contributed by atoms with Crippen LogP contribution in [0.1, 0.15) is 89.2 Å². The van der Waals surface area contributed by atoms with Gasteiger partial charge in [0.05, 0.1) is 16.1 Å². The van der Waals surface area contributed by atoms with E-state index in [4.69, 9.17) is 0 Å². The van der Waals surface area contributed by atoms with E-state index in [9.17, 15) is 8.42 Å². The summed E-state index contributed by atoms with van der Waals surface area (Å²) < 4.78 is 32.2. The molecule has 2 aromatic carbocycles. The quantitative estimate of drug-likeness (QED) is 0.342. The highest BCUT2D eigenvalue weighted by Gasteiger charge is 2.32. The van der Waals surface area contributed by atoms with Crippen LogP contribution in [0.15, 0.2) is 41.3 Å². The molecule has 1 aliphatic carbocycles. The molecule has 41 heavy (non-hydrogen) atoms. The first-order valence-corrected chi connectivity index (χ1v) is 17.4. The Hall–Kier alpha value is -2.35. The standard InChI is InChI=1S/C34H48N4O2S/c1-25-13-15-29-30(23-25)37(20-19-36-17-9-6-10-18-36)21-22-38-31-24-27(41(39,40)35-34(2,3)4)14-16-28(31)32(33(29)38)26-11-7-5-8-12-26/h13-16,23-24,26,35H,5-12,17-22H2,1-4H3. The lowest BCUT2D eigenvalue weighted by Crippen LogP contribution is -2.40. The maximum atomic E-state index is 13.4. The lowest BCUT2D eigenvalue weighted by molar-refractivity contribution is 0.233. The average Bonchev–Trinajstić information content (AvgIpc) is 3.17. The van der Waals surface area contributed by atoms with Crippen molar-refractivity contribution in [2.75, 3.05) is 37.6 Å². The summed E-state index contributed by atoms with van der Waals surface area (Å²) in [5.74, 6) is 0.506. The Morgan fingerprint density at radius 2 is 1.59 bits per heavy atom. The van der Waals surface area contributed by atoms with Crippen LogP contribution in [0.25, 0.3) is 22.2 Å². The second-order valence-electron chi connectivity index (χ2n) is 13.7. The van der Waals surface area contributed by atoms with Crippen LogP contribution in [0.4, 0.5) is 5.69 Å². The van der Waals surface area contributed by atoms with Gasteiger partial charge in [0.25, 0.3) is 0 Å². The van der Waals surface area contributed by atoms with Gasteiger partial charge in [-0.25, -0.2) is 13.1 Å². The number of nitrogens with one attached hydrogen (secondary N) is 1. The fraction of sp³-hybridized carbons (Fsp3) is 0.588. The Morgan fingerprint density at radius 3 is 2.32 bits per heavy atom. The van der Waals surface area contributed by atoms with Crippen molar-refractivity contribution < 1.29 is 8.42 Å².